The molecule has 0 saturated heterocycles. The van der Waals surface area contributed by atoms with Crippen LogP contribution in [0.25, 0.3) is 22.6 Å². The van der Waals surface area contributed by atoms with Gasteiger partial charge in [-0.1, -0.05) is 0 Å². The fourth-order valence-electron chi connectivity index (χ4n) is 1.93. The van der Waals surface area contributed by atoms with Crippen molar-refractivity contribution in [1.29, 1.82) is 0 Å². The van der Waals surface area contributed by atoms with E-state index >= 15 is 0 Å². The van der Waals surface area contributed by atoms with Crippen molar-refractivity contribution < 1.29 is 14.3 Å². The van der Waals surface area contributed by atoms with Gasteiger partial charge in [-0.25, -0.2) is 4.98 Å². The highest BCUT2D eigenvalue weighted by Gasteiger charge is 2.16. The summed E-state index contributed by atoms with van der Waals surface area (Å²) < 4.78 is 11.0. The molecule has 1 aromatic carbocycles. The number of rotatable bonds is 2. The highest BCUT2D eigenvalue weighted by molar-refractivity contribution is 5.79. The van der Waals surface area contributed by atoms with Crippen LogP contribution in [0, 0.1) is 0 Å². The number of hydrogen-bond donors (Lipinski definition) is 1. The smallest absolute Gasteiger partial charge is 0.186 e. The molecule has 0 unspecified atom stereocenters. The number of benzene rings is 2. The maximum atomic E-state index is 11.6. The fourth-order valence-corrected chi connectivity index (χ4v) is 1.93. The quantitative estimate of drug-likeness (QED) is 0.713. The van der Waals surface area contributed by atoms with Crippen molar-refractivity contribution in [2.75, 3.05) is 6.61 Å². The van der Waals surface area contributed by atoms with Gasteiger partial charge in [0, 0.05) is 18.2 Å². The van der Waals surface area contributed by atoms with Crippen LogP contribution in [-0.4, -0.2) is 16.7 Å². The van der Waals surface area contributed by atoms with Crippen LogP contribution in [0.1, 0.15) is 6.92 Å². The summed E-state index contributed by atoms with van der Waals surface area (Å²) in [6.07, 6.45) is 0. The predicted octanol–water partition coefficient (Wildman–Crippen LogP) is 2.40. The summed E-state index contributed by atoms with van der Waals surface area (Å²) in [5.74, 6) is 0.832. The molecule has 5 heteroatoms. The number of phenolic OH excluding ortho intramolecular Hbond substituents is 1. The summed E-state index contributed by atoms with van der Waals surface area (Å²) in [6.45, 7) is 2.27. The second kappa shape index (κ2) is 4.28. The van der Waals surface area contributed by atoms with E-state index < -0.39 is 0 Å². The van der Waals surface area contributed by atoms with Crippen molar-refractivity contribution >= 4 is 11.1 Å². The number of aromatic nitrogens is 1. The maximum absolute atomic E-state index is 11.6. The SMILES string of the molecule is CCOc1cc(=O)cc2oc3cc(O)ccc3nc1-2. The molecule has 0 spiro atoms. The van der Waals surface area contributed by atoms with Crippen LogP contribution in [0.4, 0.5) is 0 Å². The molecule has 0 atom stereocenters. The molecular weight excluding hydrogens is 246 g/mol. The van der Waals surface area contributed by atoms with E-state index in [9.17, 15) is 9.90 Å². The van der Waals surface area contributed by atoms with E-state index in [1.807, 2.05) is 6.92 Å². The molecule has 1 aliphatic carbocycles. The third-order valence-corrected chi connectivity index (χ3v) is 2.71. The highest BCUT2D eigenvalue weighted by atomic mass is 16.5. The molecular formula is C14H11NO4. The second-order valence-electron chi connectivity index (χ2n) is 4.07. The molecule has 0 radical (unpaired) electrons. The van der Waals surface area contributed by atoms with Crippen molar-refractivity contribution in [3.8, 4) is 23.0 Å². The van der Waals surface area contributed by atoms with E-state index in [0.717, 1.165) is 0 Å². The molecule has 0 amide bonds. The molecule has 0 aromatic heterocycles. The van der Waals surface area contributed by atoms with Crippen LogP contribution in [0.15, 0.2) is 39.5 Å². The minimum absolute atomic E-state index is 0.0840. The van der Waals surface area contributed by atoms with E-state index in [0.29, 0.717) is 34.9 Å². The zero-order chi connectivity index (χ0) is 13.4. The Morgan fingerprint density at radius 2 is 2.16 bits per heavy atom. The van der Waals surface area contributed by atoms with Crippen molar-refractivity contribution in [2.45, 2.75) is 6.92 Å². The second-order valence-corrected chi connectivity index (χ2v) is 4.07. The minimum atomic E-state index is -0.207. The zero-order valence-corrected chi connectivity index (χ0v) is 10.2. The first-order chi connectivity index (χ1) is 9.17. The van der Waals surface area contributed by atoms with E-state index in [2.05, 4.69) is 4.98 Å². The Bertz CT molecular complexity index is 778. The molecule has 1 aliphatic heterocycles. The Morgan fingerprint density at radius 3 is 2.95 bits per heavy atom. The number of phenols is 1. The Balaban J connectivity index is 2.37. The van der Waals surface area contributed by atoms with Crippen molar-refractivity contribution in [2.24, 2.45) is 0 Å². The van der Waals surface area contributed by atoms with Crippen LogP contribution >= 0.6 is 0 Å². The third kappa shape index (κ3) is 1.99. The number of fused-ring (bicyclic) bond motifs is 2. The van der Waals surface area contributed by atoms with Gasteiger partial charge in [0.1, 0.15) is 17.0 Å². The van der Waals surface area contributed by atoms with Crippen LogP contribution in [-0.2, 0) is 0 Å². The Hall–Kier alpha value is -2.56. The first kappa shape index (κ1) is 11.5. The topological polar surface area (TPSA) is 72.6 Å². The lowest BCUT2D eigenvalue weighted by molar-refractivity contribution is 0.339. The van der Waals surface area contributed by atoms with Crippen LogP contribution in [0.5, 0.6) is 11.5 Å². The molecule has 0 saturated carbocycles. The summed E-state index contributed by atoms with van der Waals surface area (Å²) in [6, 6.07) is 7.38. The lowest BCUT2D eigenvalue weighted by Crippen LogP contribution is -2.05. The summed E-state index contributed by atoms with van der Waals surface area (Å²) in [7, 11) is 0. The van der Waals surface area contributed by atoms with Gasteiger partial charge in [0.05, 0.1) is 6.61 Å². The first-order valence-electron chi connectivity index (χ1n) is 5.88. The molecule has 3 rings (SSSR count). The average molecular weight is 257 g/mol. The van der Waals surface area contributed by atoms with Crippen LogP contribution in [0.2, 0.25) is 0 Å². The van der Waals surface area contributed by atoms with E-state index in [1.54, 1.807) is 6.07 Å². The monoisotopic (exact) mass is 257 g/mol. The molecule has 1 aromatic rings. The summed E-state index contributed by atoms with van der Waals surface area (Å²) in [5.41, 5.74) is 1.30. The van der Waals surface area contributed by atoms with Crippen molar-refractivity contribution in [3.63, 3.8) is 0 Å². The summed E-state index contributed by atoms with van der Waals surface area (Å²) >= 11 is 0. The van der Waals surface area contributed by atoms with Gasteiger partial charge in [0.15, 0.2) is 22.5 Å². The molecule has 19 heavy (non-hydrogen) atoms. The van der Waals surface area contributed by atoms with Crippen LogP contribution in [0.3, 0.4) is 0 Å². The molecule has 0 fully saturated rings. The number of hydrogen-bond acceptors (Lipinski definition) is 5. The lowest BCUT2D eigenvalue weighted by atomic mass is 10.2. The standard InChI is InChI=1S/C14H11NO4/c1-2-18-12-6-9(17)7-13-14(12)15-10-4-3-8(16)5-11(10)19-13/h3-7,16H,2H2,1H3. The van der Waals surface area contributed by atoms with Crippen molar-refractivity contribution in [1.82, 2.24) is 4.98 Å². The molecule has 1 N–H and O–H groups in total. The minimum Gasteiger partial charge on any atom is -0.508 e. The van der Waals surface area contributed by atoms with Gasteiger partial charge >= 0.3 is 0 Å². The fraction of sp³-hybridized carbons (Fsp3) is 0.143. The van der Waals surface area contributed by atoms with Gasteiger partial charge in [-0.2, -0.15) is 0 Å². The Kier molecular flexibility index (Phi) is 2.59. The number of ether oxygens (including phenoxy) is 1. The van der Waals surface area contributed by atoms with Gasteiger partial charge in [0.2, 0.25) is 0 Å². The zero-order valence-electron chi connectivity index (χ0n) is 10.2. The normalized spacial score (nSPS) is 11.0. The molecule has 1 heterocycles. The van der Waals surface area contributed by atoms with Gasteiger partial charge in [-0.15, -0.1) is 0 Å². The van der Waals surface area contributed by atoms with E-state index in [4.69, 9.17) is 9.15 Å². The molecule has 0 bridgehead atoms. The largest absolute Gasteiger partial charge is 0.508 e. The summed E-state index contributed by atoms with van der Waals surface area (Å²) in [4.78, 5) is 16.0. The maximum Gasteiger partial charge on any atom is 0.186 e. The molecule has 96 valence electrons. The van der Waals surface area contributed by atoms with Crippen molar-refractivity contribution in [3.05, 3.63) is 40.6 Å². The van der Waals surface area contributed by atoms with Gasteiger partial charge in [-0.05, 0) is 19.1 Å². The molecule has 5 nitrogen and oxygen atoms in total. The van der Waals surface area contributed by atoms with Gasteiger partial charge < -0.3 is 14.3 Å². The van der Waals surface area contributed by atoms with E-state index in [-0.39, 0.29) is 11.2 Å². The highest BCUT2D eigenvalue weighted by Crippen LogP contribution is 2.32. The van der Waals surface area contributed by atoms with Crippen LogP contribution < -0.4 is 10.2 Å². The van der Waals surface area contributed by atoms with Gasteiger partial charge in [-0.3, -0.25) is 4.79 Å². The predicted molar refractivity (Wildman–Crippen MR) is 69.7 cm³/mol. The molecule has 2 aliphatic rings. The first-order valence-corrected chi connectivity index (χ1v) is 5.88. The average Bonchev–Trinajstić information content (AvgIpc) is 2.37. The summed E-state index contributed by atoms with van der Waals surface area (Å²) in [5, 5.41) is 9.42. The number of aromatic hydroxyl groups is 1. The Labute approximate surface area is 108 Å². The lowest BCUT2D eigenvalue weighted by Gasteiger charge is -2.11. The third-order valence-electron chi connectivity index (χ3n) is 2.71. The Morgan fingerprint density at radius 1 is 1.32 bits per heavy atom. The number of nitrogens with zero attached hydrogens (tertiary/aromatic N) is 1. The van der Waals surface area contributed by atoms with E-state index in [1.165, 1.54) is 24.3 Å². The van der Waals surface area contributed by atoms with Gasteiger partial charge in [0.25, 0.3) is 0 Å².